The monoisotopic (exact) mass is 452 g/mol. The van der Waals surface area contributed by atoms with E-state index in [9.17, 15) is 18.0 Å². The van der Waals surface area contributed by atoms with Crippen LogP contribution >= 0.6 is 0 Å². The Morgan fingerprint density at radius 2 is 1.91 bits per heavy atom. The highest BCUT2D eigenvalue weighted by Crippen LogP contribution is 2.41. The lowest BCUT2D eigenvalue weighted by molar-refractivity contribution is -0.129. The highest BCUT2D eigenvalue weighted by atomic mass is 19.1. The fourth-order valence-electron chi connectivity index (χ4n) is 4.63. The first-order chi connectivity index (χ1) is 15.9. The number of nitrogens with one attached hydrogen (secondary N) is 2. The average Bonchev–Trinajstić information content (AvgIpc) is 3.32. The third-order valence-corrected chi connectivity index (χ3v) is 6.52. The summed E-state index contributed by atoms with van der Waals surface area (Å²) in [6, 6.07) is 8.10. The summed E-state index contributed by atoms with van der Waals surface area (Å²) in [6.45, 7) is 0.423. The minimum Gasteiger partial charge on any atom is -0.352 e. The van der Waals surface area contributed by atoms with Gasteiger partial charge in [0.15, 0.2) is 0 Å². The van der Waals surface area contributed by atoms with E-state index < -0.39 is 11.6 Å². The summed E-state index contributed by atoms with van der Waals surface area (Å²) >= 11 is 0. The number of aromatic nitrogens is 3. The molecule has 1 amide bonds. The van der Waals surface area contributed by atoms with Crippen LogP contribution in [0.25, 0.3) is 22.2 Å². The molecule has 1 saturated carbocycles. The molecule has 1 aliphatic carbocycles. The van der Waals surface area contributed by atoms with E-state index in [0.29, 0.717) is 42.5 Å². The van der Waals surface area contributed by atoms with Gasteiger partial charge in [0.25, 0.3) is 0 Å². The molecule has 5 rings (SSSR count). The van der Waals surface area contributed by atoms with E-state index in [1.54, 1.807) is 24.7 Å². The van der Waals surface area contributed by atoms with Crippen LogP contribution < -0.4 is 5.32 Å². The number of nitrogens with zero attached hydrogens (tertiary/aromatic N) is 2. The van der Waals surface area contributed by atoms with Gasteiger partial charge in [0.2, 0.25) is 5.91 Å². The van der Waals surface area contributed by atoms with Gasteiger partial charge >= 0.3 is 0 Å². The number of benzene rings is 2. The van der Waals surface area contributed by atoms with E-state index in [1.807, 2.05) is 11.6 Å². The molecule has 2 heterocycles. The first-order valence-electron chi connectivity index (χ1n) is 10.9. The average molecular weight is 452 g/mol. The van der Waals surface area contributed by atoms with Crippen molar-refractivity contribution in [1.82, 2.24) is 19.9 Å². The summed E-state index contributed by atoms with van der Waals surface area (Å²) < 4.78 is 43.8. The number of aromatic amines is 1. The maximum absolute atomic E-state index is 14.5. The molecule has 8 heteroatoms. The first-order valence-corrected chi connectivity index (χ1v) is 10.9. The molecule has 5 nitrogen and oxygen atoms in total. The molecule has 0 bridgehead atoms. The second-order valence-electron chi connectivity index (χ2n) is 8.75. The number of H-pyrrole nitrogens is 1. The Hall–Kier alpha value is -3.55. The first kappa shape index (κ1) is 21.3. The molecule has 170 valence electrons. The minimum atomic E-state index is -0.666. The molecule has 0 unspecified atom stereocenters. The van der Waals surface area contributed by atoms with E-state index in [-0.39, 0.29) is 29.1 Å². The number of fused-ring (bicyclic) bond motifs is 1. The third kappa shape index (κ3) is 4.13. The number of carbonyl (C=O) groups is 1. The number of hydrogen-bond acceptors (Lipinski definition) is 2. The Kier molecular flexibility index (Phi) is 5.44. The highest BCUT2D eigenvalue weighted by Gasteiger charge is 2.35. The van der Waals surface area contributed by atoms with Crippen LogP contribution in [0.15, 0.2) is 48.9 Å². The van der Waals surface area contributed by atoms with Crippen molar-refractivity contribution in [2.75, 3.05) is 0 Å². The number of hydrogen-bond donors (Lipinski definition) is 2. The maximum Gasteiger partial charge on any atom is 0.223 e. The quantitative estimate of drug-likeness (QED) is 0.438. The van der Waals surface area contributed by atoms with Crippen molar-refractivity contribution in [2.45, 2.75) is 25.8 Å². The number of amides is 1. The Morgan fingerprint density at radius 1 is 1.15 bits per heavy atom. The van der Waals surface area contributed by atoms with Crippen molar-refractivity contribution in [3.8, 4) is 11.3 Å². The normalized spacial score (nSPS) is 17.8. The van der Waals surface area contributed by atoms with Crippen LogP contribution in [-0.2, 0) is 24.8 Å². The lowest BCUT2D eigenvalue weighted by atomic mass is 9.71. The Balaban J connectivity index is 1.33. The molecule has 2 aromatic heterocycles. The van der Waals surface area contributed by atoms with Crippen molar-refractivity contribution >= 4 is 16.8 Å². The molecule has 0 saturated heterocycles. The van der Waals surface area contributed by atoms with Crippen LogP contribution in [0.2, 0.25) is 0 Å². The topological polar surface area (TPSA) is 62.7 Å². The fourth-order valence-corrected chi connectivity index (χ4v) is 4.63. The summed E-state index contributed by atoms with van der Waals surface area (Å²) in [7, 11) is 1.87. The van der Waals surface area contributed by atoms with Crippen LogP contribution in [-0.4, -0.2) is 20.4 Å². The molecule has 33 heavy (non-hydrogen) atoms. The zero-order chi connectivity index (χ0) is 23.1. The number of halogens is 3. The second kappa shape index (κ2) is 8.42. The second-order valence-corrected chi connectivity index (χ2v) is 8.75. The van der Waals surface area contributed by atoms with Gasteiger partial charge in [-0.05, 0) is 66.6 Å². The molecule has 1 fully saturated rings. The molecule has 0 aliphatic heterocycles. The third-order valence-electron chi connectivity index (χ3n) is 6.52. The summed E-state index contributed by atoms with van der Waals surface area (Å²) in [6.07, 6.45) is 5.37. The van der Waals surface area contributed by atoms with Crippen molar-refractivity contribution < 1.29 is 18.0 Å². The molecule has 2 aromatic carbocycles. The lowest BCUT2D eigenvalue weighted by Crippen LogP contribution is -2.39. The van der Waals surface area contributed by atoms with Gasteiger partial charge in [-0.25, -0.2) is 18.2 Å². The van der Waals surface area contributed by atoms with Crippen LogP contribution in [0.1, 0.15) is 24.1 Å². The number of imidazole rings is 1. The van der Waals surface area contributed by atoms with Gasteiger partial charge in [-0.1, -0.05) is 0 Å². The lowest BCUT2D eigenvalue weighted by Gasteiger charge is -2.34. The fraction of sp³-hybridized carbons (Fsp3) is 0.280. The molecule has 0 spiro atoms. The Bertz CT molecular complexity index is 1320. The van der Waals surface area contributed by atoms with Crippen LogP contribution in [0.3, 0.4) is 0 Å². The Morgan fingerprint density at radius 3 is 2.61 bits per heavy atom. The van der Waals surface area contributed by atoms with Crippen LogP contribution in [0.4, 0.5) is 13.2 Å². The van der Waals surface area contributed by atoms with E-state index in [4.69, 9.17) is 0 Å². The van der Waals surface area contributed by atoms with Crippen molar-refractivity contribution in [2.24, 2.45) is 18.9 Å². The molecule has 1 aliphatic rings. The zero-order valence-corrected chi connectivity index (χ0v) is 18.0. The molecular formula is C25H23F3N4O. The molecule has 4 aromatic rings. The summed E-state index contributed by atoms with van der Waals surface area (Å²) in [5.41, 5.74) is 3.29. The standard InChI is InChI=1S/C25H23F3N4O/c1-32-13-29-11-19(32)12-30-25(33)16-6-14(7-16)8-20-21-9-18(27)10-22(28)24(21)31-23(20)15-2-4-17(26)5-3-15/h2-5,9-11,13-14,16,31H,6-8,12H2,1H3,(H,30,33). The molecular weight excluding hydrogens is 429 g/mol. The van der Waals surface area contributed by atoms with Gasteiger partial charge < -0.3 is 14.9 Å². The van der Waals surface area contributed by atoms with Gasteiger partial charge in [-0.15, -0.1) is 0 Å². The summed E-state index contributed by atoms with van der Waals surface area (Å²) in [4.78, 5) is 19.6. The smallest absolute Gasteiger partial charge is 0.223 e. The molecule has 0 radical (unpaired) electrons. The maximum atomic E-state index is 14.5. The van der Waals surface area contributed by atoms with Crippen molar-refractivity contribution in [3.63, 3.8) is 0 Å². The highest BCUT2D eigenvalue weighted by molar-refractivity contribution is 5.91. The van der Waals surface area contributed by atoms with Crippen molar-refractivity contribution in [1.29, 1.82) is 0 Å². The van der Waals surface area contributed by atoms with Crippen molar-refractivity contribution in [3.05, 3.63) is 77.6 Å². The van der Waals surface area contributed by atoms with Crippen LogP contribution in [0, 0.1) is 29.3 Å². The predicted octanol–water partition coefficient (Wildman–Crippen LogP) is 4.87. The van der Waals surface area contributed by atoms with Gasteiger partial charge in [0.1, 0.15) is 17.5 Å². The predicted molar refractivity (Wildman–Crippen MR) is 119 cm³/mol. The van der Waals surface area contributed by atoms with Crippen LogP contribution in [0.5, 0.6) is 0 Å². The van der Waals surface area contributed by atoms with Gasteiger partial charge in [0.05, 0.1) is 24.1 Å². The Labute approximate surface area is 188 Å². The zero-order valence-electron chi connectivity index (χ0n) is 18.0. The number of aryl methyl sites for hydroxylation is 1. The number of rotatable bonds is 6. The largest absolute Gasteiger partial charge is 0.352 e. The minimum absolute atomic E-state index is 0.00206. The molecule has 2 N–H and O–H groups in total. The van der Waals surface area contributed by atoms with E-state index in [0.717, 1.165) is 17.3 Å². The van der Waals surface area contributed by atoms with Gasteiger partial charge in [0, 0.05) is 36.3 Å². The summed E-state index contributed by atoms with van der Waals surface area (Å²) in [5.74, 6) is -1.56. The van der Waals surface area contributed by atoms with Gasteiger partial charge in [-0.2, -0.15) is 0 Å². The van der Waals surface area contributed by atoms with E-state index in [1.165, 1.54) is 18.2 Å². The van der Waals surface area contributed by atoms with E-state index in [2.05, 4.69) is 15.3 Å². The van der Waals surface area contributed by atoms with Gasteiger partial charge in [-0.3, -0.25) is 4.79 Å². The SMILES string of the molecule is Cn1cncc1CNC(=O)C1CC(Cc2c(-c3ccc(F)cc3)[nH]c3c(F)cc(F)cc23)C1. The number of carbonyl (C=O) groups excluding carboxylic acids is 1. The molecule has 0 atom stereocenters. The summed E-state index contributed by atoms with van der Waals surface area (Å²) in [5, 5.41) is 3.44. The van der Waals surface area contributed by atoms with E-state index >= 15 is 0 Å².